The van der Waals surface area contributed by atoms with E-state index in [-0.39, 0.29) is 6.61 Å². The molecule has 1 N–H and O–H groups in total. The third kappa shape index (κ3) is 2.11. The van der Waals surface area contributed by atoms with Crippen LogP contribution in [0.3, 0.4) is 0 Å². The van der Waals surface area contributed by atoms with E-state index in [1.165, 1.54) is 5.56 Å². The second-order valence-electron chi connectivity index (χ2n) is 4.32. The minimum atomic E-state index is 0.160. The van der Waals surface area contributed by atoms with E-state index in [0.717, 1.165) is 22.8 Å². The molecule has 0 spiro atoms. The van der Waals surface area contributed by atoms with E-state index in [9.17, 15) is 0 Å². The first-order chi connectivity index (χ1) is 8.15. The molecule has 0 fully saturated rings. The Bertz CT molecular complexity index is 529. The van der Waals surface area contributed by atoms with Crippen LogP contribution in [0.15, 0.2) is 24.3 Å². The molecule has 1 heterocycles. The molecule has 0 bridgehead atoms. The van der Waals surface area contributed by atoms with Crippen molar-refractivity contribution < 1.29 is 5.11 Å². The molecule has 3 heteroatoms. The van der Waals surface area contributed by atoms with Crippen molar-refractivity contribution in [2.75, 3.05) is 6.61 Å². The largest absolute Gasteiger partial charge is 0.396 e. The summed E-state index contributed by atoms with van der Waals surface area (Å²) in [6.07, 6.45) is 0.654. The van der Waals surface area contributed by atoms with Gasteiger partial charge in [0.05, 0.1) is 5.69 Å². The lowest BCUT2D eigenvalue weighted by molar-refractivity contribution is 0.296. The standard InChI is InChI=1S/C14H18N2O/c1-10-6-4-5-7-12(10)14-15-11(2)13(8-9-17)16(14)3/h4-7,17H,8-9H2,1-3H3. The molecule has 2 rings (SSSR count). The van der Waals surface area contributed by atoms with Crippen molar-refractivity contribution in [1.82, 2.24) is 9.55 Å². The van der Waals surface area contributed by atoms with Crippen molar-refractivity contribution >= 4 is 0 Å². The highest BCUT2D eigenvalue weighted by Gasteiger charge is 2.13. The predicted octanol–water partition coefficient (Wildman–Crippen LogP) is 2.24. The molecule has 3 nitrogen and oxygen atoms in total. The van der Waals surface area contributed by atoms with Gasteiger partial charge in [-0.15, -0.1) is 0 Å². The molecule has 0 saturated heterocycles. The topological polar surface area (TPSA) is 38.1 Å². The van der Waals surface area contributed by atoms with Gasteiger partial charge in [-0.2, -0.15) is 0 Å². The number of aliphatic hydroxyl groups is 1. The monoisotopic (exact) mass is 230 g/mol. The number of benzene rings is 1. The number of rotatable bonds is 3. The molecule has 0 aliphatic carbocycles. The Kier molecular flexibility index (Phi) is 3.29. The highest BCUT2D eigenvalue weighted by atomic mass is 16.3. The van der Waals surface area contributed by atoms with Crippen LogP contribution in [0.2, 0.25) is 0 Å². The summed E-state index contributed by atoms with van der Waals surface area (Å²) in [5.74, 6) is 0.976. The second-order valence-corrected chi connectivity index (χ2v) is 4.32. The summed E-state index contributed by atoms with van der Waals surface area (Å²) in [7, 11) is 2.01. The summed E-state index contributed by atoms with van der Waals surface area (Å²) in [6, 6.07) is 8.23. The number of aliphatic hydroxyl groups excluding tert-OH is 1. The second kappa shape index (κ2) is 4.72. The van der Waals surface area contributed by atoms with Gasteiger partial charge in [0, 0.05) is 31.3 Å². The lowest BCUT2D eigenvalue weighted by Gasteiger charge is -2.07. The summed E-state index contributed by atoms with van der Waals surface area (Å²) >= 11 is 0. The predicted molar refractivity (Wildman–Crippen MR) is 68.9 cm³/mol. The lowest BCUT2D eigenvalue weighted by atomic mass is 10.1. The number of imidazole rings is 1. The minimum absolute atomic E-state index is 0.160. The molecule has 0 atom stereocenters. The molecule has 0 unspecified atom stereocenters. The van der Waals surface area contributed by atoms with E-state index in [2.05, 4.69) is 28.6 Å². The van der Waals surface area contributed by atoms with Crippen molar-refractivity contribution in [2.45, 2.75) is 20.3 Å². The minimum Gasteiger partial charge on any atom is -0.396 e. The molecule has 90 valence electrons. The third-order valence-corrected chi connectivity index (χ3v) is 3.15. The molecule has 2 aromatic rings. The Labute approximate surface area is 102 Å². The third-order valence-electron chi connectivity index (χ3n) is 3.15. The molecule has 1 aromatic carbocycles. The van der Waals surface area contributed by atoms with E-state index in [1.807, 2.05) is 26.1 Å². The molecule has 0 radical (unpaired) electrons. The Balaban J connectivity index is 2.54. The van der Waals surface area contributed by atoms with Gasteiger partial charge in [-0.1, -0.05) is 24.3 Å². The molecule has 0 saturated carbocycles. The first-order valence-corrected chi connectivity index (χ1v) is 5.84. The number of hydrogen-bond donors (Lipinski definition) is 1. The van der Waals surface area contributed by atoms with Gasteiger partial charge < -0.3 is 9.67 Å². The number of nitrogens with zero attached hydrogens (tertiary/aromatic N) is 2. The van der Waals surface area contributed by atoms with E-state index in [4.69, 9.17) is 5.11 Å². The average Bonchev–Trinajstić information content (AvgIpc) is 2.58. The van der Waals surface area contributed by atoms with Crippen LogP contribution >= 0.6 is 0 Å². The normalized spacial score (nSPS) is 10.8. The fourth-order valence-electron chi connectivity index (χ4n) is 2.19. The fraction of sp³-hybridized carbons (Fsp3) is 0.357. The van der Waals surface area contributed by atoms with Crippen LogP contribution in [0, 0.1) is 13.8 Å². The van der Waals surface area contributed by atoms with E-state index in [1.54, 1.807) is 0 Å². The van der Waals surface area contributed by atoms with Gasteiger partial charge in [0.2, 0.25) is 0 Å². The van der Waals surface area contributed by atoms with Crippen LogP contribution in [0.5, 0.6) is 0 Å². The Morgan fingerprint density at radius 2 is 1.94 bits per heavy atom. The zero-order valence-electron chi connectivity index (χ0n) is 10.6. The van der Waals surface area contributed by atoms with Gasteiger partial charge >= 0.3 is 0 Å². The van der Waals surface area contributed by atoms with E-state index >= 15 is 0 Å². The molecule has 0 aliphatic rings. The number of aromatic nitrogens is 2. The van der Waals surface area contributed by atoms with Crippen LogP contribution in [0.1, 0.15) is 17.0 Å². The van der Waals surface area contributed by atoms with Gasteiger partial charge in [-0.05, 0) is 19.4 Å². The molecular formula is C14H18N2O. The first kappa shape index (κ1) is 11.9. The van der Waals surface area contributed by atoms with Crippen molar-refractivity contribution in [3.05, 3.63) is 41.2 Å². The first-order valence-electron chi connectivity index (χ1n) is 5.84. The van der Waals surface area contributed by atoms with E-state index < -0.39 is 0 Å². The van der Waals surface area contributed by atoms with Gasteiger partial charge in [-0.3, -0.25) is 0 Å². The number of hydrogen-bond acceptors (Lipinski definition) is 2. The smallest absolute Gasteiger partial charge is 0.140 e. The van der Waals surface area contributed by atoms with Crippen molar-refractivity contribution in [2.24, 2.45) is 7.05 Å². The number of aryl methyl sites for hydroxylation is 2. The molecule has 1 aromatic heterocycles. The van der Waals surface area contributed by atoms with Crippen LogP contribution in [-0.2, 0) is 13.5 Å². The van der Waals surface area contributed by atoms with Gasteiger partial charge in [0.25, 0.3) is 0 Å². The lowest BCUT2D eigenvalue weighted by Crippen LogP contribution is -2.02. The van der Waals surface area contributed by atoms with Crippen LogP contribution in [0.25, 0.3) is 11.4 Å². The summed E-state index contributed by atoms with van der Waals surface area (Å²) < 4.78 is 2.08. The molecule has 17 heavy (non-hydrogen) atoms. The van der Waals surface area contributed by atoms with Crippen molar-refractivity contribution in [3.63, 3.8) is 0 Å². The van der Waals surface area contributed by atoms with Crippen molar-refractivity contribution in [3.8, 4) is 11.4 Å². The highest BCUT2D eigenvalue weighted by Crippen LogP contribution is 2.24. The van der Waals surface area contributed by atoms with Gasteiger partial charge in [-0.25, -0.2) is 4.98 Å². The van der Waals surface area contributed by atoms with Gasteiger partial charge in [0.1, 0.15) is 5.82 Å². The summed E-state index contributed by atoms with van der Waals surface area (Å²) in [5.41, 5.74) is 4.48. The quantitative estimate of drug-likeness (QED) is 0.878. The van der Waals surface area contributed by atoms with Crippen LogP contribution < -0.4 is 0 Å². The summed E-state index contributed by atoms with van der Waals surface area (Å²) in [5, 5.41) is 9.06. The maximum absolute atomic E-state index is 9.06. The Hall–Kier alpha value is -1.61. The zero-order chi connectivity index (χ0) is 12.4. The molecule has 0 aliphatic heterocycles. The van der Waals surface area contributed by atoms with Gasteiger partial charge in [0.15, 0.2) is 0 Å². The van der Waals surface area contributed by atoms with Crippen molar-refractivity contribution in [1.29, 1.82) is 0 Å². The maximum Gasteiger partial charge on any atom is 0.140 e. The summed E-state index contributed by atoms with van der Waals surface area (Å²) in [4.78, 5) is 4.61. The zero-order valence-corrected chi connectivity index (χ0v) is 10.6. The highest BCUT2D eigenvalue weighted by molar-refractivity contribution is 5.61. The molecule has 0 amide bonds. The SMILES string of the molecule is Cc1ccccc1-c1nc(C)c(CCO)n1C. The van der Waals surface area contributed by atoms with Crippen LogP contribution in [0.4, 0.5) is 0 Å². The van der Waals surface area contributed by atoms with Crippen LogP contribution in [-0.4, -0.2) is 21.3 Å². The Morgan fingerprint density at radius 3 is 2.59 bits per heavy atom. The molecular weight excluding hydrogens is 212 g/mol. The fourth-order valence-corrected chi connectivity index (χ4v) is 2.19. The Morgan fingerprint density at radius 1 is 1.24 bits per heavy atom. The summed E-state index contributed by atoms with van der Waals surface area (Å²) in [6.45, 7) is 4.24. The average molecular weight is 230 g/mol. The maximum atomic E-state index is 9.06. The van der Waals surface area contributed by atoms with E-state index in [0.29, 0.717) is 6.42 Å².